The third kappa shape index (κ3) is 4.11. The Morgan fingerprint density at radius 3 is 2.53 bits per heavy atom. The van der Waals surface area contributed by atoms with Crippen molar-refractivity contribution in [2.45, 2.75) is 0 Å². The van der Waals surface area contributed by atoms with Crippen LogP contribution in [-0.2, 0) is 9.84 Å². The lowest BCUT2D eigenvalue weighted by Crippen LogP contribution is -2.25. The molecule has 1 heterocycles. The lowest BCUT2D eigenvalue weighted by molar-refractivity contribution is 0.601. The molecule has 15 heavy (non-hydrogen) atoms. The van der Waals surface area contributed by atoms with Crippen molar-refractivity contribution in [1.82, 2.24) is 9.97 Å². The second kappa shape index (κ2) is 4.43. The second-order valence-electron chi connectivity index (χ2n) is 3.35. The Balaban J connectivity index is 2.61. The van der Waals surface area contributed by atoms with E-state index in [4.69, 9.17) is 5.73 Å². The maximum absolute atomic E-state index is 10.9. The molecule has 0 aromatic carbocycles. The Morgan fingerprint density at radius 1 is 1.40 bits per heavy atom. The van der Waals surface area contributed by atoms with Gasteiger partial charge in [0.05, 0.1) is 18.1 Å². The number of sulfone groups is 1. The van der Waals surface area contributed by atoms with E-state index in [9.17, 15) is 8.42 Å². The van der Waals surface area contributed by atoms with Crippen molar-refractivity contribution in [3.8, 4) is 0 Å². The highest BCUT2D eigenvalue weighted by molar-refractivity contribution is 7.90. The van der Waals surface area contributed by atoms with Crippen LogP contribution in [0.2, 0.25) is 0 Å². The molecule has 0 bridgehead atoms. The van der Waals surface area contributed by atoms with Gasteiger partial charge in [0.15, 0.2) is 0 Å². The molecular weight excluding hydrogens is 216 g/mol. The van der Waals surface area contributed by atoms with Crippen molar-refractivity contribution in [2.75, 3.05) is 36.2 Å². The normalized spacial score (nSPS) is 11.3. The van der Waals surface area contributed by atoms with Gasteiger partial charge in [0.2, 0.25) is 0 Å². The SMILES string of the molecule is CN(CCS(C)(=O)=O)c1cnc(N)cn1. The van der Waals surface area contributed by atoms with E-state index in [-0.39, 0.29) is 5.75 Å². The molecule has 0 amide bonds. The lowest BCUT2D eigenvalue weighted by atomic mass is 10.5. The molecule has 0 atom stereocenters. The quantitative estimate of drug-likeness (QED) is 0.753. The molecule has 1 aromatic heterocycles. The molecule has 0 fully saturated rings. The van der Waals surface area contributed by atoms with Gasteiger partial charge in [-0.1, -0.05) is 0 Å². The summed E-state index contributed by atoms with van der Waals surface area (Å²) in [6.07, 6.45) is 4.15. The van der Waals surface area contributed by atoms with Gasteiger partial charge in [0, 0.05) is 19.8 Å². The van der Waals surface area contributed by atoms with Crippen LogP contribution >= 0.6 is 0 Å². The van der Waals surface area contributed by atoms with E-state index < -0.39 is 9.84 Å². The molecule has 1 aromatic rings. The first kappa shape index (κ1) is 11.7. The molecule has 84 valence electrons. The molecule has 0 aliphatic carbocycles. The van der Waals surface area contributed by atoms with Crippen LogP contribution in [0.3, 0.4) is 0 Å². The highest BCUT2D eigenvalue weighted by Gasteiger charge is 2.07. The number of anilines is 2. The molecule has 6 nitrogen and oxygen atoms in total. The molecule has 0 aliphatic heterocycles. The fraction of sp³-hybridized carbons (Fsp3) is 0.500. The minimum atomic E-state index is -2.95. The number of rotatable bonds is 4. The lowest BCUT2D eigenvalue weighted by Gasteiger charge is -2.16. The molecule has 1 rings (SSSR count). The first-order chi connectivity index (χ1) is 6.88. The third-order valence-corrected chi connectivity index (χ3v) is 2.77. The molecular formula is C8H14N4O2S. The molecule has 7 heteroatoms. The van der Waals surface area contributed by atoms with Crippen molar-refractivity contribution < 1.29 is 8.42 Å². The minimum Gasteiger partial charge on any atom is -0.382 e. The Bertz CT molecular complexity index is 415. The zero-order valence-corrected chi connectivity index (χ0v) is 9.53. The number of nitrogen functional groups attached to an aromatic ring is 1. The van der Waals surface area contributed by atoms with Gasteiger partial charge >= 0.3 is 0 Å². The van der Waals surface area contributed by atoms with E-state index in [0.717, 1.165) is 0 Å². The zero-order valence-electron chi connectivity index (χ0n) is 8.71. The van der Waals surface area contributed by atoms with Gasteiger partial charge in [0.25, 0.3) is 0 Å². The Hall–Kier alpha value is -1.37. The summed E-state index contributed by atoms with van der Waals surface area (Å²) < 4.78 is 21.9. The van der Waals surface area contributed by atoms with Gasteiger partial charge in [-0.25, -0.2) is 18.4 Å². The van der Waals surface area contributed by atoms with Crippen LogP contribution in [0.15, 0.2) is 12.4 Å². The fourth-order valence-corrected chi connectivity index (χ4v) is 1.55. The van der Waals surface area contributed by atoms with Gasteiger partial charge in [-0.3, -0.25) is 0 Å². The number of nitrogens with two attached hydrogens (primary N) is 1. The first-order valence-electron chi connectivity index (χ1n) is 4.35. The predicted molar refractivity (Wildman–Crippen MR) is 59.4 cm³/mol. The largest absolute Gasteiger partial charge is 0.382 e. The van der Waals surface area contributed by atoms with Crippen LogP contribution in [0.5, 0.6) is 0 Å². The van der Waals surface area contributed by atoms with E-state index in [1.807, 2.05) is 0 Å². The highest BCUT2D eigenvalue weighted by atomic mass is 32.2. The molecule has 0 saturated carbocycles. The monoisotopic (exact) mass is 230 g/mol. The molecule has 0 aliphatic rings. The third-order valence-electron chi connectivity index (χ3n) is 1.85. The van der Waals surface area contributed by atoms with Crippen molar-refractivity contribution in [2.24, 2.45) is 0 Å². The van der Waals surface area contributed by atoms with Gasteiger partial charge in [-0.15, -0.1) is 0 Å². The fourth-order valence-electron chi connectivity index (χ4n) is 0.946. The Morgan fingerprint density at radius 2 is 2.07 bits per heavy atom. The predicted octanol–water partition coefficient (Wildman–Crippen LogP) is -0.460. The van der Waals surface area contributed by atoms with Gasteiger partial charge < -0.3 is 10.6 Å². The minimum absolute atomic E-state index is 0.0928. The van der Waals surface area contributed by atoms with E-state index >= 15 is 0 Å². The Labute approximate surface area is 89.1 Å². The van der Waals surface area contributed by atoms with Crippen molar-refractivity contribution in [1.29, 1.82) is 0 Å². The van der Waals surface area contributed by atoms with E-state index in [0.29, 0.717) is 18.2 Å². The summed E-state index contributed by atoms with van der Waals surface area (Å²) >= 11 is 0. The molecule has 0 saturated heterocycles. The van der Waals surface area contributed by atoms with E-state index in [1.54, 1.807) is 11.9 Å². The maximum atomic E-state index is 10.9. The molecule has 0 unspecified atom stereocenters. The summed E-state index contributed by atoms with van der Waals surface area (Å²) in [4.78, 5) is 9.61. The van der Waals surface area contributed by atoms with Crippen molar-refractivity contribution in [3.05, 3.63) is 12.4 Å². The summed E-state index contributed by atoms with van der Waals surface area (Å²) in [7, 11) is -1.19. The van der Waals surface area contributed by atoms with E-state index in [2.05, 4.69) is 9.97 Å². The summed E-state index contributed by atoms with van der Waals surface area (Å²) in [5.74, 6) is 1.04. The van der Waals surface area contributed by atoms with Crippen LogP contribution in [0, 0.1) is 0 Å². The number of nitrogens with zero attached hydrogens (tertiary/aromatic N) is 3. The maximum Gasteiger partial charge on any atom is 0.149 e. The molecule has 0 spiro atoms. The van der Waals surface area contributed by atoms with Gasteiger partial charge in [-0.05, 0) is 0 Å². The van der Waals surface area contributed by atoms with Crippen LogP contribution < -0.4 is 10.6 Å². The van der Waals surface area contributed by atoms with Gasteiger partial charge in [-0.2, -0.15) is 0 Å². The molecule has 2 N–H and O–H groups in total. The summed E-state index contributed by atoms with van der Waals surface area (Å²) in [6.45, 7) is 0.386. The van der Waals surface area contributed by atoms with Crippen molar-refractivity contribution >= 4 is 21.5 Å². The highest BCUT2D eigenvalue weighted by Crippen LogP contribution is 2.06. The number of aromatic nitrogens is 2. The van der Waals surface area contributed by atoms with Crippen LogP contribution in [-0.4, -0.2) is 44.0 Å². The molecule has 0 radical (unpaired) electrons. The van der Waals surface area contributed by atoms with Gasteiger partial charge in [0.1, 0.15) is 21.5 Å². The number of hydrogen-bond donors (Lipinski definition) is 1. The zero-order chi connectivity index (χ0) is 11.5. The second-order valence-corrected chi connectivity index (χ2v) is 5.61. The summed E-state index contributed by atoms with van der Waals surface area (Å²) in [6, 6.07) is 0. The standard InChI is InChI=1S/C8H14N4O2S/c1-12(3-4-15(2,13)14)8-6-10-7(9)5-11-8/h5-6H,3-4H2,1-2H3,(H2,9,10). The van der Waals surface area contributed by atoms with Crippen LogP contribution in [0.1, 0.15) is 0 Å². The topological polar surface area (TPSA) is 89.2 Å². The summed E-state index contributed by atoms with van der Waals surface area (Å²) in [5.41, 5.74) is 5.38. The summed E-state index contributed by atoms with van der Waals surface area (Å²) in [5, 5.41) is 0. The first-order valence-corrected chi connectivity index (χ1v) is 6.41. The average Bonchev–Trinajstić information content (AvgIpc) is 2.14. The van der Waals surface area contributed by atoms with Crippen LogP contribution in [0.25, 0.3) is 0 Å². The van der Waals surface area contributed by atoms with Crippen LogP contribution in [0.4, 0.5) is 11.6 Å². The Kier molecular flexibility index (Phi) is 3.46. The van der Waals surface area contributed by atoms with Crippen molar-refractivity contribution in [3.63, 3.8) is 0 Å². The number of hydrogen-bond acceptors (Lipinski definition) is 6. The van der Waals surface area contributed by atoms with E-state index in [1.165, 1.54) is 18.6 Å². The smallest absolute Gasteiger partial charge is 0.149 e. The average molecular weight is 230 g/mol.